The molecule has 2 amide bonds. The second-order valence-electron chi connectivity index (χ2n) is 7.07. The predicted octanol–water partition coefficient (Wildman–Crippen LogP) is 1.21. The maximum Gasteiger partial charge on any atom is 0.407 e. The maximum absolute atomic E-state index is 11.7. The third-order valence-electron chi connectivity index (χ3n) is 4.10. The van der Waals surface area contributed by atoms with E-state index in [0.29, 0.717) is 6.04 Å². The van der Waals surface area contributed by atoms with E-state index in [1.54, 1.807) is 6.92 Å². The van der Waals surface area contributed by atoms with Crippen LogP contribution in [-0.4, -0.2) is 65.7 Å². The minimum atomic E-state index is -0.327. The van der Waals surface area contributed by atoms with Crippen LogP contribution in [0.1, 0.15) is 40.5 Å². The molecule has 120 valence electrons. The topological polar surface area (TPSA) is 61.9 Å². The van der Waals surface area contributed by atoms with Crippen LogP contribution in [-0.2, 0) is 9.53 Å². The van der Waals surface area contributed by atoms with E-state index in [9.17, 15) is 9.59 Å². The SMILES string of the molecule is CC(=O)N1CCN(C2CC(OC(=O)NC(C)(C)C)C2)CC1. The van der Waals surface area contributed by atoms with Gasteiger partial charge in [0.1, 0.15) is 6.10 Å². The van der Waals surface area contributed by atoms with Crippen LogP contribution < -0.4 is 5.32 Å². The molecule has 0 radical (unpaired) electrons. The first-order chi connectivity index (χ1) is 9.74. The molecule has 1 N–H and O–H groups in total. The Hall–Kier alpha value is -1.30. The number of amides is 2. The van der Waals surface area contributed by atoms with Crippen molar-refractivity contribution in [2.45, 2.75) is 58.2 Å². The Morgan fingerprint density at radius 2 is 1.67 bits per heavy atom. The number of nitrogens with zero attached hydrogens (tertiary/aromatic N) is 2. The van der Waals surface area contributed by atoms with Gasteiger partial charge in [0.2, 0.25) is 5.91 Å². The first-order valence-electron chi connectivity index (χ1n) is 7.73. The molecule has 0 atom stereocenters. The molecule has 1 saturated heterocycles. The zero-order valence-corrected chi connectivity index (χ0v) is 13.5. The van der Waals surface area contributed by atoms with Crippen LogP contribution in [0.5, 0.6) is 0 Å². The van der Waals surface area contributed by atoms with Gasteiger partial charge in [-0.05, 0) is 20.8 Å². The van der Waals surface area contributed by atoms with Gasteiger partial charge >= 0.3 is 6.09 Å². The van der Waals surface area contributed by atoms with Gasteiger partial charge in [-0.3, -0.25) is 9.69 Å². The summed E-state index contributed by atoms with van der Waals surface area (Å²) in [7, 11) is 0. The van der Waals surface area contributed by atoms with Crippen molar-refractivity contribution in [1.82, 2.24) is 15.1 Å². The Bertz CT molecular complexity index is 391. The molecule has 1 aliphatic heterocycles. The minimum Gasteiger partial charge on any atom is -0.446 e. The van der Waals surface area contributed by atoms with E-state index in [-0.39, 0.29) is 23.6 Å². The molecule has 6 heteroatoms. The van der Waals surface area contributed by atoms with Crippen LogP contribution in [0.2, 0.25) is 0 Å². The number of ether oxygens (including phenoxy) is 1. The predicted molar refractivity (Wildman–Crippen MR) is 80.0 cm³/mol. The van der Waals surface area contributed by atoms with Crippen LogP contribution in [0, 0.1) is 0 Å². The highest BCUT2D eigenvalue weighted by Gasteiger charge is 2.37. The van der Waals surface area contributed by atoms with E-state index >= 15 is 0 Å². The molecule has 2 fully saturated rings. The molecule has 6 nitrogen and oxygen atoms in total. The number of nitrogens with one attached hydrogen (secondary N) is 1. The van der Waals surface area contributed by atoms with Crippen LogP contribution in [0.25, 0.3) is 0 Å². The van der Waals surface area contributed by atoms with Gasteiger partial charge in [-0.25, -0.2) is 4.79 Å². The first-order valence-corrected chi connectivity index (χ1v) is 7.73. The number of piperazine rings is 1. The van der Waals surface area contributed by atoms with Crippen molar-refractivity contribution in [2.24, 2.45) is 0 Å². The molecule has 1 aliphatic carbocycles. The van der Waals surface area contributed by atoms with Crippen molar-refractivity contribution in [3.63, 3.8) is 0 Å². The van der Waals surface area contributed by atoms with Gasteiger partial charge in [0.25, 0.3) is 0 Å². The summed E-state index contributed by atoms with van der Waals surface area (Å²) < 4.78 is 5.40. The standard InChI is InChI=1S/C15H27N3O3/c1-11(19)17-5-7-18(8-6-17)12-9-13(10-12)21-14(20)16-15(2,3)4/h12-13H,5-10H2,1-4H3,(H,16,20). The molecule has 21 heavy (non-hydrogen) atoms. The summed E-state index contributed by atoms with van der Waals surface area (Å²) in [4.78, 5) is 27.3. The van der Waals surface area contributed by atoms with E-state index in [0.717, 1.165) is 39.0 Å². The largest absolute Gasteiger partial charge is 0.446 e. The molecule has 0 aromatic heterocycles. The van der Waals surface area contributed by atoms with Crippen molar-refractivity contribution in [3.8, 4) is 0 Å². The van der Waals surface area contributed by atoms with Gasteiger partial charge < -0.3 is 15.0 Å². The summed E-state index contributed by atoms with van der Waals surface area (Å²) in [6.07, 6.45) is 1.51. The van der Waals surface area contributed by atoms with Gasteiger partial charge in [0.15, 0.2) is 0 Å². The second-order valence-corrected chi connectivity index (χ2v) is 7.07. The number of carbonyl (C=O) groups is 2. The summed E-state index contributed by atoms with van der Waals surface area (Å²) in [5, 5.41) is 2.81. The van der Waals surface area contributed by atoms with Gasteiger partial charge in [-0.15, -0.1) is 0 Å². The lowest BCUT2D eigenvalue weighted by molar-refractivity contribution is -0.131. The van der Waals surface area contributed by atoms with Gasteiger partial charge in [-0.2, -0.15) is 0 Å². The molecule has 1 heterocycles. The van der Waals surface area contributed by atoms with E-state index in [1.807, 2.05) is 25.7 Å². The Kier molecular flexibility index (Phi) is 4.76. The van der Waals surface area contributed by atoms with Crippen molar-refractivity contribution < 1.29 is 14.3 Å². The van der Waals surface area contributed by atoms with Crippen LogP contribution in [0.15, 0.2) is 0 Å². The Balaban J connectivity index is 1.66. The lowest BCUT2D eigenvalue weighted by Gasteiger charge is -2.45. The number of hydrogen-bond acceptors (Lipinski definition) is 4. The van der Waals surface area contributed by atoms with E-state index in [1.165, 1.54) is 0 Å². The molecule has 2 aliphatic rings. The summed E-state index contributed by atoms with van der Waals surface area (Å²) in [6, 6.07) is 0.492. The van der Waals surface area contributed by atoms with Crippen molar-refractivity contribution >= 4 is 12.0 Å². The highest BCUT2D eigenvalue weighted by molar-refractivity contribution is 5.73. The molecule has 0 aromatic carbocycles. The third-order valence-corrected chi connectivity index (χ3v) is 4.10. The van der Waals surface area contributed by atoms with Gasteiger partial charge in [0.05, 0.1) is 0 Å². The fraction of sp³-hybridized carbons (Fsp3) is 0.867. The molecule has 0 unspecified atom stereocenters. The number of alkyl carbamates (subject to hydrolysis) is 1. The zero-order chi connectivity index (χ0) is 15.6. The fourth-order valence-electron chi connectivity index (χ4n) is 2.82. The number of hydrogen-bond donors (Lipinski definition) is 1. The zero-order valence-electron chi connectivity index (χ0n) is 13.5. The second kappa shape index (κ2) is 6.22. The van der Waals surface area contributed by atoms with E-state index in [2.05, 4.69) is 10.2 Å². The summed E-state index contributed by atoms with van der Waals surface area (Å²) in [6.45, 7) is 10.9. The summed E-state index contributed by atoms with van der Waals surface area (Å²) >= 11 is 0. The van der Waals surface area contributed by atoms with Crippen LogP contribution in [0.3, 0.4) is 0 Å². The van der Waals surface area contributed by atoms with Crippen LogP contribution in [0.4, 0.5) is 4.79 Å². The normalized spacial score (nSPS) is 27.0. The van der Waals surface area contributed by atoms with Crippen LogP contribution >= 0.6 is 0 Å². The average molecular weight is 297 g/mol. The number of rotatable bonds is 2. The third kappa shape index (κ3) is 4.59. The molecule has 0 aromatic rings. The van der Waals surface area contributed by atoms with Crippen molar-refractivity contribution in [2.75, 3.05) is 26.2 Å². The molecule has 1 saturated carbocycles. The maximum atomic E-state index is 11.7. The van der Waals surface area contributed by atoms with Crippen molar-refractivity contribution in [3.05, 3.63) is 0 Å². The monoisotopic (exact) mass is 297 g/mol. The Labute approximate surface area is 126 Å². The molecule has 0 spiro atoms. The molecule has 2 rings (SSSR count). The smallest absolute Gasteiger partial charge is 0.407 e. The van der Waals surface area contributed by atoms with E-state index in [4.69, 9.17) is 4.74 Å². The number of carbonyl (C=O) groups excluding carboxylic acids is 2. The molecular weight excluding hydrogens is 270 g/mol. The highest BCUT2D eigenvalue weighted by Crippen LogP contribution is 2.29. The minimum absolute atomic E-state index is 0.0307. The summed E-state index contributed by atoms with van der Waals surface area (Å²) in [5.41, 5.74) is -0.261. The fourth-order valence-corrected chi connectivity index (χ4v) is 2.82. The highest BCUT2D eigenvalue weighted by atomic mass is 16.6. The van der Waals surface area contributed by atoms with Gasteiger partial charge in [-0.1, -0.05) is 0 Å². The van der Waals surface area contributed by atoms with E-state index < -0.39 is 0 Å². The Morgan fingerprint density at radius 3 is 2.14 bits per heavy atom. The quantitative estimate of drug-likeness (QED) is 0.832. The summed E-state index contributed by atoms with van der Waals surface area (Å²) in [5.74, 6) is 0.156. The molecular formula is C15H27N3O3. The lowest BCUT2D eigenvalue weighted by Crippen LogP contribution is -2.57. The lowest BCUT2D eigenvalue weighted by atomic mass is 9.87. The first kappa shape index (κ1) is 16.1. The van der Waals surface area contributed by atoms with Gasteiger partial charge in [0, 0.05) is 57.5 Å². The average Bonchev–Trinajstić information content (AvgIpc) is 2.31. The molecule has 0 bridgehead atoms. The Morgan fingerprint density at radius 1 is 1.10 bits per heavy atom. The van der Waals surface area contributed by atoms with Crippen molar-refractivity contribution in [1.29, 1.82) is 0 Å².